The highest BCUT2D eigenvalue weighted by atomic mass is 35.5. The molecule has 0 spiro atoms. The van der Waals surface area contributed by atoms with Gasteiger partial charge in [0.1, 0.15) is 5.75 Å². The van der Waals surface area contributed by atoms with Gasteiger partial charge in [-0.2, -0.15) is 0 Å². The summed E-state index contributed by atoms with van der Waals surface area (Å²) >= 11 is 11.1. The van der Waals surface area contributed by atoms with Crippen LogP contribution in [0, 0.1) is 0 Å². The largest absolute Gasteiger partial charge is 0.494 e. The number of carbonyl (C=O) groups excluding carboxylic acids is 2. The molecule has 0 saturated heterocycles. The zero-order valence-electron chi connectivity index (χ0n) is 14.3. The van der Waals surface area contributed by atoms with Crippen molar-refractivity contribution in [2.24, 2.45) is 0 Å². The van der Waals surface area contributed by atoms with Crippen LogP contribution in [0.4, 0.5) is 11.4 Å². The van der Waals surface area contributed by atoms with Crippen molar-refractivity contribution in [3.63, 3.8) is 0 Å². The standard InChI is InChI=1S/C18H18ClN3O3S/c1-3-16(23)22-18(26)20-11-8-9-14(15(10-11)25-2)21-17(24)12-6-4-5-7-13(12)19/h4-10H,3H2,1-2H3,(H,21,24)(H2,20,22,23,26). The van der Waals surface area contributed by atoms with E-state index in [1.54, 1.807) is 49.4 Å². The molecule has 0 unspecified atom stereocenters. The molecule has 0 heterocycles. The first kappa shape index (κ1) is 19.7. The number of hydrogen-bond donors (Lipinski definition) is 3. The zero-order valence-corrected chi connectivity index (χ0v) is 15.8. The summed E-state index contributed by atoms with van der Waals surface area (Å²) in [6.07, 6.45) is 0.332. The SMILES string of the molecule is CCC(=O)NC(=S)Nc1ccc(NC(=O)c2ccccc2Cl)c(OC)c1. The molecule has 8 heteroatoms. The number of hydrogen-bond acceptors (Lipinski definition) is 4. The number of methoxy groups -OCH3 is 1. The Morgan fingerprint density at radius 1 is 1.15 bits per heavy atom. The molecular formula is C18H18ClN3O3S. The molecule has 3 N–H and O–H groups in total. The topological polar surface area (TPSA) is 79.5 Å². The first-order chi connectivity index (χ1) is 12.4. The minimum atomic E-state index is -0.347. The van der Waals surface area contributed by atoms with Crippen LogP contribution in [-0.4, -0.2) is 24.0 Å². The number of halogens is 1. The van der Waals surface area contributed by atoms with Crippen molar-refractivity contribution in [1.82, 2.24) is 5.32 Å². The number of benzene rings is 2. The molecule has 0 radical (unpaired) electrons. The summed E-state index contributed by atoms with van der Waals surface area (Å²) in [6.45, 7) is 1.73. The fourth-order valence-electron chi connectivity index (χ4n) is 2.08. The van der Waals surface area contributed by atoms with Crippen molar-refractivity contribution < 1.29 is 14.3 Å². The Morgan fingerprint density at radius 3 is 2.54 bits per heavy atom. The van der Waals surface area contributed by atoms with Crippen LogP contribution >= 0.6 is 23.8 Å². The Bertz CT molecular complexity index is 842. The predicted molar refractivity (Wildman–Crippen MR) is 107 cm³/mol. The van der Waals surface area contributed by atoms with Gasteiger partial charge < -0.3 is 20.7 Å². The monoisotopic (exact) mass is 391 g/mol. The Hall–Kier alpha value is -2.64. The second-order valence-electron chi connectivity index (χ2n) is 5.20. The molecule has 0 aliphatic carbocycles. The predicted octanol–water partition coefficient (Wildman–Crippen LogP) is 3.82. The summed E-state index contributed by atoms with van der Waals surface area (Å²) in [4.78, 5) is 23.7. The van der Waals surface area contributed by atoms with Gasteiger partial charge in [0.15, 0.2) is 5.11 Å². The molecule has 2 rings (SSSR count). The summed E-state index contributed by atoms with van der Waals surface area (Å²) in [5, 5.41) is 8.74. The smallest absolute Gasteiger partial charge is 0.257 e. The molecule has 6 nitrogen and oxygen atoms in total. The van der Waals surface area contributed by atoms with Gasteiger partial charge in [0, 0.05) is 18.2 Å². The Labute approximate surface area is 161 Å². The molecule has 2 amide bonds. The summed E-state index contributed by atoms with van der Waals surface area (Å²) < 4.78 is 5.32. The van der Waals surface area contributed by atoms with Crippen LogP contribution in [0.2, 0.25) is 5.02 Å². The second kappa shape index (κ2) is 9.17. The van der Waals surface area contributed by atoms with E-state index in [4.69, 9.17) is 28.6 Å². The van der Waals surface area contributed by atoms with Crippen LogP contribution in [0.1, 0.15) is 23.7 Å². The fraction of sp³-hybridized carbons (Fsp3) is 0.167. The average molecular weight is 392 g/mol. The summed E-state index contributed by atoms with van der Waals surface area (Å²) in [5.74, 6) is -0.0987. The van der Waals surface area contributed by atoms with Crippen molar-refractivity contribution in [3.8, 4) is 5.75 Å². The first-order valence-corrected chi connectivity index (χ1v) is 8.58. The van der Waals surface area contributed by atoms with Crippen LogP contribution in [0.25, 0.3) is 0 Å². The highest BCUT2D eigenvalue weighted by Crippen LogP contribution is 2.29. The van der Waals surface area contributed by atoms with E-state index in [9.17, 15) is 9.59 Å². The molecule has 0 atom stereocenters. The minimum Gasteiger partial charge on any atom is -0.494 e. The fourth-order valence-corrected chi connectivity index (χ4v) is 2.54. The van der Waals surface area contributed by atoms with Crippen LogP contribution < -0.4 is 20.7 Å². The molecule has 0 fully saturated rings. The van der Waals surface area contributed by atoms with Crippen molar-refractivity contribution >= 4 is 52.1 Å². The minimum absolute atomic E-state index is 0.182. The van der Waals surface area contributed by atoms with Crippen molar-refractivity contribution in [1.29, 1.82) is 0 Å². The van der Waals surface area contributed by atoms with Gasteiger partial charge in [-0.1, -0.05) is 30.7 Å². The number of thiocarbonyl (C=S) groups is 1. The third-order valence-corrected chi connectivity index (χ3v) is 3.93. The number of ether oxygens (including phenoxy) is 1. The number of anilines is 2. The molecule has 0 aliphatic rings. The van der Waals surface area contributed by atoms with Gasteiger partial charge in [-0.15, -0.1) is 0 Å². The first-order valence-electron chi connectivity index (χ1n) is 7.79. The van der Waals surface area contributed by atoms with E-state index in [0.717, 1.165) is 0 Å². The maximum atomic E-state index is 12.4. The maximum absolute atomic E-state index is 12.4. The Balaban J connectivity index is 2.13. The van der Waals surface area contributed by atoms with E-state index < -0.39 is 0 Å². The molecule has 2 aromatic carbocycles. The summed E-state index contributed by atoms with van der Waals surface area (Å²) in [5.41, 5.74) is 1.45. The van der Waals surface area contributed by atoms with E-state index in [1.807, 2.05) is 0 Å². The van der Waals surface area contributed by atoms with E-state index in [1.165, 1.54) is 7.11 Å². The molecule has 26 heavy (non-hydrogen) atoms. The van der Waals surface area contributed by atoms with Gasteiger partial charge in [-0.05, 0) is 36.5 Å². The Morgan fingerprint density at radius 2 is 1.88 bits per heavy atom. The highest BCUT2D eigenvalue weighted by molar-refractivity contribution is 7.80. The highest BCUT2D eigenvalue weighted by Gasteiger charge is 2.13. The van der Waals surface area contributed by atoms with Crippen molar-refractivity contribution in [2.45, 2.75) is 13.3 Å². The second-order valence-corrected chi connectivity index (χ2v) is 6.02. The molecule has 0 aliphatic heterocycles. The van der Waals surface area contributed by atoms with Crippen LogP contribution in [0.15, 0.2) is 42.5 Å². The molecule has 0 bridgehead atoms. The van der Waals surface area contributed by atoms with Gasteiger partial charge in [-0.3, -0.25) is 9.59 Å². The number of rotatable bonds is 5. The van der Waals surface area contributed by atoms with Crippen LogP contribution in [0.3, 0.4) is 0 Å². The third kappa shape index (κ3) is 5.18. The van der Waals surface area contributed by atoms with Crippen LogP contribution in [-0.2, 0) is 4.79 Å². The van der Waals surface area contributed by atoms with E-state index in [0.29, 0.717) is 34.1 Å². The van der Waals surface area contributed by atoms with Gasteiger partial charge in [0.05, 0.1) is 23.4 Å². The zero-order chi connectivity index (χ0) is 19.1. The molecular weight excluding hydrogens is 374 g/mol. The summed E-state index contributed by atoms with van der Waals surface area (Å²) in [6, 6.07) is 11.8. The lowest BCUT2D eigenvalue weighted by molar-refractivity contribution is -0.119. The number of carbonyl (C=O) groups is 2. The summed E-state index contributed by atoms with van der Waals surface area (Å²) in [7, 11) is 1.49. The van der Waals surface area contributed by atoms with E-state index >= 15 is 0 Å². The lowest BCUT2D eigenvalue weighted by Gasteiger charge is -2.14. The third-order valence-electron chi connectivity index (χ3n) is 3.40. The quantitative estimate of drug-likeness (QED) is 0.675. The van der Waals surface area contributed by atoms with Gasteiger partial charge in [-0.25, -0.2) is 0 Å². The molecule has 136 valence electrons. The van der Waals surface area contributed by atoms with Crippen molar-refractivity contribution in [3.05, 3.63) is 53.1 Å². The molecule has 0 aromatic heterocycles. The van der Waals surface area contributed by atoms with Crippen molar-refractivity contribution in [2.75, 3.05) is 17.7 Å². The van der Waals surface area contributed by atoms with E-state index in [-0.39, 0.29) is 16.9 Å². The average Bonchev–Trinajstić information content (AvgIpc) is 2.62. The van der Waals surface area contributed by atoms with Crippen LogP contribution in [0.5, 0.6) is 5.75 Å². The number of nitrogens with one attached hydrogen (secondary N) is 3. The maximum Gasteiger partial charge on any atom is 0.257 e. The lowest BCUT2D eigenvalue weighted by Crippen LogP contribution is -2.33. The van der Waals surface area contributed by atoms with Gasteiger partial charge in [0.25, 0.3) is 5.91 Å². The van der Waals surface area contributed by atoms with E-state index in [2.05, 4.69) is 16.0 Å². The van der Waals surface area contributed by atoms with Gasteiger partial charge in [0.2, 0.25) is 5.91 Å². The normalized spacial score (nSPS) is 9.96. The van der Waals surface area contributed by atoms with Gasteiger partial charge >= 0.3 is 0 Å². The molecule has 0 saturated carbocycles. The molecule has 2 aromatic rings. The number of amides is 2. The Kier molecular flexibility index (Phi) is 6.94. The lowest BCUT2D eigenvalue weighted by atomic mass is 10.2.